The lowest BCUT2D eigenvalue weighted by atomic mass is 9.96. The minimum absolute atomic E-state index is 0.729. The van der Waals surface area contributed by atoms with Crippen molar-refractivity contribution >= 4 is 5.82 Å². The molecule has 0 aromatic carbocycles. The van der Waals surface area contributed by atoms with Crippen molar-refractivity contribution in [1.82, 2.24) is 15.3 Å². The Balaban J connectivity index is 1.53. The molecule has 1 saturated heterocycles. The fourth-order valence-electron chi connectivity index (χ4n) is 3.23. The van der Waals surface area contributed by atoms with Gasteiger partial charge < -0.3 is 10.2 Å². The second-order valence-electron chi connectivity index (χ2n) is 6.59. The van der Waals surface area contributed by atoms with Crippen LogP contribution in [-0.2, 0) is 6.54 Å². The van der Waals surface area contributed by atoms with E-state index in [2.05, 4.69) is 27.1 Å². The van der Waals surface area contributed by atoms with Crippen LogP contribution in [0.2, 0.25) is 0 Å². The van der Waals surface area contributed by atoms with Gasteiger partial charge in [0.05, 0.1) is 18.1 Å². The van der Waals surface area contributed by atoms with E-state index in [4.69, 9.17) is 0 Å². The average molecular weight is 288 g/mol. The van der Waals surface area contributed by atoms with Crippen molar-refractivity contribution < 1.29 is 0 Å². The van der Waals surface area contributed by atoms with Gasteiger partial charge in [-0.15, -0.1) is 0 Å². The van der Waals surface area contributed by atoms with Crippen molar-refractivity contribution in [3.05, 3.63) is 18.1 Å². The monoisotopic (exact) mass is 288 g/mol. The summed E-state index contributed by atoms with van der Waals surface area (Å²) in [5.74, 6) is 1.97. The second-order valence-corrected chi connectivity index (χ2v) is 6.59. The number of nitrogens with zero attached hydrogens (tertiary/aromatic N) is 3. The van der Waals surface area contributed by atoms with Gasteiger partial charge in [-0.3, -0.25) is 4.98 Å². The second kappa shape index (κ2) is 7.21. The Labute approximate surface area is 128 Å². The molecule has 4 nitrogen and oxygen atoms in total. The number of anilines is 1. The van der Waals surface area contributed by atoms with E-state index in [-0.39, 0.29) is 0 Å². The number of hydrogen-bond donors (Lipinski definition) is 1. The van der Waals surface area contributed by atoms with Crippen molar-refractivity contribution in [2.75, 3.05) is 18.0 Å². The smallest absolute Gasteiger partial charge is 0.147 e. The number of nitrogens with one attached hydrogen (secondary N) is 1. The van der Waals surface area contributed by atoms with E-state index in [1.54, 1.807) is 0 Å². The van der Waals surface area contributed by atoms with Gasteiger partial charge in [0.15, 0.2) is 0 Å². The van der Waals surface area contributed by atoms with Crippen molar-refractivity contribution in [2.24, 2.45) is 5.92 Å². The number of hydrogen-bond acceptors (Lipinski definition) is 4. The van der Waals surface area contributed by atoms with Crippen LogP contribution in [0.4, 0.5) is 5.82 Å². The molecule has 4 heteroatoms. The molecule has 1 aliphatic carbocycles. The normalized spacial score (nSPS) is 23.1. The van der Waals surface area contributed by atoms with E-state index >= 15 is 0 Å². The summed E-state index contributed by atoms with van der Waals surface area (Å²) >= 11 is 0. The van der Waals surface area contributed by atoms with E-state index in [9.17, 15) is 0 Å². The van der Waals surface area contributed by atoms with Gasteiger partial charge in [-0.05, 0) is 38.0 Å². The summed E-state index contributed by atoms with van der Waals surface area (Å²) in [5.41, 5.74) is 1.06. The lowest BCUT2D eigenvalue weighted by molar-refractivity contribution is 0.435. The summed E-state index contributed by atoms with van der Waals surface area (Å²) < 4.78 is 0. The summed E-state index contributed by atoms with van der Waals surface area (Å²) in [6.07, 6.45) is 13.2. The highest BCUT2D eigenvalue weighted by atomic mass is 15.2. The van der Waals surface area contributed by atoms with Crippen LogP contribution in [0.3, 0.4) is 0 Å². The SMILES string of the molecule is CCCC1CCCN(c2cnc(CNC3CC3)cn2)CC1. The standard InChI is InChI=1S/C17H28N4/c1-2-4-14-5-3-9-21(10-8-14)17-13-19-16(12-20-17)11-18-15-6-7-15/h12-15,18H,2-11H2,1H3. The van der Waals surface area contributed by atoms with Gasteiger partial charge in [0.25, 0.3) is 0 Å². The lowest BCUT2D eigenvalue weighted by Gasteiger charge is -2.21. The molecular formula is C17H28N4. The third-order valence-corrected chi connectivity index (χ3v) is 4.71. The predicted molar refractivity (Wildman–Crippen MR) is 86.4 cm³/mol. The van der Waals surface area contributed by atoms with Crippen LogP contribution in [0.5, 0.6) is 0 Å². The minimum Gasteiger partial charge on any atom is -0.355 e. The van der Waals surface area contributed by atoms with Crippen LogP contribution in [0.25, 0.3) is 0 Å². The van der Waals surface area contributed by atoms with Gasteiger partial charge in [0.2, 0.25) is 0 Å². The molecule has 1 aromatic rings. The van der Waals surface area contributed by atoms with Crippen LogP contribution < -0.4 is 10.2 Å². The van der Waals surface area contributed by atoms with Crippen molar-refractivity contribution in [2.45, 2.75) is 64.5 Å². The molecule has 1 aromatic heterocycles. The molecule has 0 spiro atoms. The van der Waals surface area contributed by atoms with E-state index in [1.807, 2.05) is 12.4 Å². The lowest BCUT2D eigenvalue weighted by Crippen LogP contribution is -2.25. The maximum absolute atomic E-state index is 4.64. The summed E-state index contributed by atoms with van der Waals surface area (Å²) in [5, 5.41) is 3.49. The van der Waals surface area contributed by atoms with Crippen molar-refractivity contribution in [3.8, 4) is 0 Å². The molecule has 0 amide bonds. The molecule has 0 radical (unpaired) electrons. The van der Waals surface area contributed by atoms with E-state index in [0.29, 0.717) is 0 Å². The van der Waals surface area contributed by atoms with Crippen LogP contribution >= 0.6 is 0 Å². The third-order valence-electron chi connectivity index (χ3n) is 4.71. The zero-order chi connectivity index (χ0) is 14.5. The fourth-order valence-corrected chi connectivity index (χ4v) is 3.23. The summed E-state index contributed by atoms with van der Waals surface area (Å²) in [7, 11) is 0. The molecule has 1 saturated carbocycles. The molecule has 1 atom stereocenters. The number of aromatic nitrogens is 2. The first-order chi connectivity index (χ1) is 10.3. The Hall–Kier alpha value is -1.16. The predicted octanol–water partition coefficient (Wildman–Crippen LogP) is 3.14. The van der Waals surface area contributed by atoms with E-state index < -0.39 is 0 Å². The van der Waals surface area contributed by atoms with Gasteiger partial charge in [-0.1, -0.05) is 19.8 Å². The Morgan fingerprint density at radius 2 is 2.05 bits per heavy atom. The molecule has 1 N–H and O–H groups in total. The molecule has 0 bridgehead atoms. The molecule has 1 aliphatic heterocycles. The Morgan fingerprint density at radius 1 is 1.14 bits per heavy atom. The topological polar surface area (TPSA) is 41.1 Å². The first-order valence-electron chi connectivity index (χ1n) is 8.64. The highest BCUT2D eigenvalue weighted by Gasteiger charge is 2.20. The Bertz CT molecular complexity index is 427. The van der Waals surface area contributed by atoms with Crippen LogP contribution in [-0.4, -0.2) is 29.1 Å². The maximum Gasteiger partial charge on any atom is 0.147 e. The average Bonchev–Trinajstić information content (AvgIpc) is 3.34. The van der Waals surface area contributed by atoms with Crippen LogP contribution in [0, 0.1) is 5.92 Å². The van der Waals surface area contributed by atoms with E-state index in [1.165, 1.54) is 44.9 Å². The van der Waals surface area contributed by atoms with Crippen molar-refractivity contribution in [1.29, 1.82) is 0 Å². The van der Waals surface area contributed by atoms with Gasteiger partial charge in [0.1, 0.15) is 5.82 Å². The minimum atomic E-state index is 0.729. The third kappa shape index (κ3) is 4.40. The first-order valence-corrected chi connectivity index (χ1v) is 8.64. The van der Waals surface area contributed by atoms with Gasteiger partial charge >= 0.3 is 0 Å². The Morgan fingerprint density at radius 3 is 2.76 bits per heavy atom. The zero-order valence-electron chi connectivity index (χ0n) is 13.2. The highest BCUT2D eigenvalue weighted by Crippen LogP contribution is 2.24. The summed E-state index contributed by atoms with van der Waals surface area (Å²) in [4.78, 5) is 11.6. The van der Waals surface area contributed by atoms with Crippen molar-refractivity contribution in [3.63, 3.8) is 0 Å². The fraction of sp³-hybridized carbons (Fsp3) is 0.765. The van der Waals surface area contributed by atoms with Gasteiger partial charge in [0, 0.05) is 25.7 Å². The molecular weight excluding hydrogens is 260 g/mol. The molecule has 2 fully saturated rings. The summed E-state index contributed by atoms with van der Waals surface area (Å²) in [6, 6.07) is 0.729. The largest absolute Gasteiger partial charge is 0.355 e. The Kier molecular flexibility index (Phi) is 5.07. The first kappa shape index (κ1) is 14.8. The molecule has 116 valence electrons. The van der Waals surface area contributed by atoms with Crippen LogP contribution in [0.15, 0.2) is 12.4 Å². The molecule has 21 heavy (non-hydrogen) atoms. The van der Waals surface area contributed by atoms with Gasteiger partial charge in [-0.25, -0.2) is 4.98 Å². The quantitative estimate of drug-likeness (QED) is 0.873. The molecule has 1 unspecified atom stereocenters. The van der Waals surface area contributed by atoms with E-state index in [0.717, 1.165) is 43.1 Å². The maximum atomic E-state index is 4.64. The number of rotatable bonds is 6. The molecule has 3 rings (SSSR count). The molecule has 2 aliphatic rings. The van der Waals surface area contributed by atoms with Crippen LogP contribution in [0.1, 0.15) is 57.6 Å². The molecule has 2 heterocycles. The van der Waals surface area contributed by atoms with Gasteiger partial charge in [-0.2, -0.15) is 0 Å². The highest BCUT2D eigenvalue weighted by molar-refractivity contribution is 5.35. The zero-order valence-corrected chi connectivity index (χ0v) is 13.2. The summed E-state index contributed by atoms with van der Waals surface area (Å²) in [6.45, 7) is 5.42.